The first kappa shape index (κ1) is 16.0. The molecule has 1 aromatic heterocycles. The normalized spacial score (nSPS) is 10.5. The Morgan fingerprint density at radius 3 is 2.42 bits per heavy atom. The second-order valence-electron chi connectivity index (χ2n) is 4.78. The number of halogens is 1. The SMILES string of the molecule is COc1cc2nc(NC(=O)Nc3ccc(F)cc3)sc2cc1OC. The summed E-state index contributed by atoms with van der Waals surface area (Å²) >= 11 is 1.31. The summed E-state index contributed by atoms with van der Waals surface area (Å²) in [6, 6.07) is 8.58. The number of thiazole rings is 1. The Morgan fingerprint density at radius 1 is 1.08 bits per heavy atom. The van der Waals surface area contributed by atoms with E-state index in [0.29, 0.717) is 27.8 Å². The van der Waals surface area contributed by atoms with Gasteiger partial charge in [-0.1, -0.05) is 11.3 Å². The van der Waals surface area contributed by atoms with E-state index >= 15 is 0 Å². The second-order valence-corrected chi connectivity index (χ2v) is 5.81. The molecule has 8 heteroatoms. The van der Waals surface area contributed by atoms with Gasteiger partial charge in [0, 0.05) is 17.8 Å². The molecule has 2 N–H and O–H groups in total. The maximum Gasteiger partial charge on any atom is 0.325 e. The highest BCUT2D eigenvalue weighted by Crippen LogP contribution is 2.36. The van der Waals surface area contributed by atoms with Crippen LogP contribution in [0, 0.1) is 5.82 Å². The van der Waals surface area contributed by atoms with E-state index in [1.54, 1.807) is 26.4 Å². The number of amides is 2. The van der Waals surface area contributed by atoms with Crippen molar-refractivity contribution in [2.24, 2.45) is 0 Å². The molecule has 0 saturated heterocycles. The van der Waals surface area contributed by atoms with Crippen LogP contribution in [0.4, 0.5) is 20.0 Å². The van der Waals surface area contributed by atoms with Gasteiger partial charge in [0.15, 0.2) is 16.6 Å². The lowest BCUT2D eigenvalue weighted by molar-refractivity contribution is 0.262. The number of hydrogen-bond donors (Lipinski definition) is 2. The van der Waals surface area contributed by atoms with Crippen molar-refractivity contribution in [2.75, 3.05) is 24.9 Å². The predicted octanol–water partition coefficient (Wildman–Crippen LogP) is 4.10. The third-order valence-electron chi connectivity index (χ3n) is 3.22. The second kappa shape index (κ2) is 6.71. The van der Waals surface area contributed by atoms with Crippen molar-refractivity contribution < 1.29 is 18.7 Å². The highest BCUT2D eigenvalue weighted by Gasteiger charge is 2.12. The maximum absolute atomic E-state index is 12.9. The molecule has 0 aliphatic heterocycles. The zero-order valence-corrected chi connectivity index (χ0v) is 13.7. The van der Waals surface area contributed by atoms with Gasteiger partial charge in [-0.25, -0.2) is 14.2 Å². The predicted molar refractivity (Wildman–Crippen MR) is 91.8 cm³/mol. The molecule has 0 saturated carbocycles. The third-order valence-corrected chi connectivity index (χ3v) is 4.15. The number of nitrogens with zero attached hydrogens (tertiary/aromatic N) is 1. The Morgan fingerprint density at radius 2 is 1.75 bits per heavy atom. The Hall–Kier alpha value is -2.87. The first-order valence-electron chi connectivity index (χ1n) is 6.95. The molecule has 124 valence electrons. The molecule has 3 aromatic rings. The van der Waals surface area contributed by atoms with Crippen LogP contribution in [0.25, 0.3) is 10.2 Å². The number of urea groups is 1. The molecular formula is C16H14FN3O3S. The Kier molecular flexibility index (Phi) is 4.48. The third kappa shape index (κ3) is 3.38. The molecule has 1 heterocycles. The Balaban J connectivity index is 1.77. The van der Waals surface area contributed by atoms with Crippen molar-refractivity contribution in [1.29, 1.82) is 0 Å². The van der Waals surface area contributed by atoms with Crippen LogP contribution < -0.4 is 20.1 Å². The van der Waals surface area contributed by atoms with Crippen molar-refractivity contribution >= 4 is 38.4 Å². The molecule has 0 fully saturated rings. The lowest BCUT2D eigenvalue weighted by Gasteiger charge is -2.05. The smallest absolute Gasteiger partial charge is 0.325 e. The number of anilines is 2. The first-order valence-corrected chi connectivity index (χ1v) is 7.77. The molecule has 3 rings (SSSR count). The number of rotatable bonds is 4. The van der Waals surface area contributed by atoms with Gasteiger partial charge in [0.05, 0.1) is 24.4 Å². The van der Waals surface area contributed by atoms with Crippen molar-refractivity contribution in [1.82, 2.24) is 4.98 Å². The van der Waals surface area contributed by atoms with Gasteiger partial charge in [-0.15, -0.1) is 0 Å². The summed E-state index contributed by atoms with van der Waals surface area (Å²) in [5.41, 5.74) is 1.17. The average molecular weight is 347 g/mol. The molecule has 0 unspecified atom stereocenters. The van der Waals surface area contributed by atoms with Gasteiger partial charge in [-0.05, 0) is 24.3 Å². The highest BCUT2D eigenvalue weighted by atomic mass is 32.1. The standard InChI is InChI=1S/C16H14FN3O3S/c1-22-12-7-11-14(8-13(12)23-2)24-16(19-11)20-15(21)18-10-5-3-9(17)4-6-10/h3-8H,1-2H3,(H2,18,19,20,21). The minimum atomic E-state index is -0.459. The van der Waals surface area contributed by atoms with Gasteiger partial charge >= 0.3 is 6.03 Å². The van der Waals surface area contributed by atoms with Crippen molar-refractivity contribution in [3.05, 3.63) is 42.2 Å². The number of methoxy groups -OCH3 is 2. The van der Waals surface area contributed by atoms with Gasteiger partial charge < -0.3 is 14.8 Å². The molecule has 0 atom stereocenters. The van der Waals surface area contributed by atoms with Crippen molar-refractivity contribution in [3.63, 3.8) is 0 Å². The molecule has 0 bridgehead atoms. The van der Waals surface area contributed by atoms with Crippen LogP contribution in [-0.2, 0) is 0 Å². The summed E-state index contributed by atoms with van der Waals surface area (Å²) in [7, 11) is 3.10. The lowest BCUT2D eigenvalue weighted by Crippen LogP contribution is -2.19. The number of carbonyl (C=O) groups excluding carboxylic acids is 1. The van der Waals surface area contributed by atoms with Crippen molar-refractivity contribution in [2.45, 2.75) is 0 Å². The average Bonchev–Trinajstić information content (AvgIpc) is 2.96. The van der Waals surface area contributed by atoms with Crippen molar-refractivity contribution in [3.8, 4) is 11.5 Å². The van der Waals surface area contributed by atoms with Gasteiger partial charge in [0.1, 0.15) is 5.82 Å². The van der Waals surface area contributed by atoms with Crippen LogP contribution in [0.3, 0.4) is 0 Å². The zero-order valence-electron chi connectivity index (χ0n) is 12.9. The van der Waals surface area contributed by atoms with Crippen LogP contribution in [0.5, 0.6) is 11.5 Å². The van der Waals surface area contributed by atoms with Crippen LogP contribution in [-0.4, -0.2) is 25.2 Å². The van der Waals surface area contributed by atoms with Gasteiger partial charge in [0.25, 0.3) is 0 Å². The van der Waals surface area contributed by atoms with E-state index in [0.717, 1.165) is 4.70 Å². The Labute approximate surface area is 141 Å². The molecule has 0 radical (unpaired) electrons. The fourth-order valence-electron chi connectivity index (χ4n) is 2.10. The number of ether oxygens (including phenoxy) is 2. The van der Waals surface area contributed by atoms with Crippen LogP contribution in [0.15, 0.2) is 36.4 Å². The summed E-state index contributed by atoms with van der Waals surface area (Å²) in [5.74, 6) is 0.795. The summed E-state index contributed by atoms with van der Waals surface area (Å²) in [6.07, 6.45) is 0. The molecule has 0 aliphatic rings. The topological polar surface area (TPSA) is 72.5 Å². The van der Waals surface area contributed by atoms with Crippen LogP contribution in [0.1, 0.15) is 0 Å². The first-order chi connectivity index (χ1) is 11.6. The fourth-order valence-corrected chi connectivity index (χ4v) is 2.97. The number of aromatic nitrogens is 1. The largest absolute Gasteiger partial charge is 0.493 e. The number of benzene rings is 2. The monoisotopic (exact) mass is 347 g/mol. The maximum atomic E-state index is 12.9. The van der Waals surface area contributed by atoms with Crippen LogP contribution >= 0.6 is 11.3 Å². The number of nitrogens with one attached hydrogen (secondary N) is 2. The molecular weight excluding hydrogens is 333 g/mol. The number of hydrogen-bond acceptors (Lipinski definition) is 5. The van der Waals surface area contributed by atoms with E-state index in [4.69, 9.17) is 9.47 Å². The molecule has 0 spiro atoms. The van der Waals surface area contributed by atoms with Gasteiger partial charge in [0.2, 0.25) is 0 Å². The highest BCUT2D eigenvalue weighted by molar-refractivity contribution is 7.22. The van der Waals surface area contributed by atoms with Gasteiger partial charge in [-0.2, -0.15) is 0 Å². The summed E-state index contributed by atoms with van der Waals surface area (Å²) in [5, 5.41) is 5.69. The minimum absolute atomic E-state index is 0.366. The van der Waals surface area contributed by atoms with Crippen LogP contribution in [0.2, 0.25) is 0 Å². The number of fused-ring (bicyclic) bond motifs is 1. The van der Waals surface area contributed by atoms with E-state index in [-0.39, 0.29) is 5.82 Å². The fraction of sp³-hybridized carbons (Fsp3) is 0.125. The Bertz CT molecular complexity index is 839. The quantitative estimate of drug-likeness (QED) is 0.745. The molecule has 2 amide bonds. The molecule has 2 aromatic carbocycles. The van der Waals surface area contributed by atoms with E-state index in [2.05, 4.69) is 15.6 Å². The van der Waals surface area contributed by atoms with Gasteiger partial charge in [-0.3, -0.25) is 5.32 Å². The van der Waals surface area contributed by atoms with E-state index < -0.39 is 6.03 Å². The molecule has 24 heavy (non-hydrogen) atoms. The summed E-state index contributed by atoms with van der Waals surface area (Å²) in [4.78, 5) is 16.3. The van der Waals surface area contributed by atoms with E-state index in [1.165, 1.54) is 35.6 Å². The van der Waals surface area contributed by atoms with E-state index in [9.17, 15) is 9.18 Å². The zero-order chi connectivity index (χ0) is 17.1. The number of carbonyl (C=O) groups is 1. The summed E-state index contributed by atoms with van der Waals surface area (Å²) < 4.78 is 24.2. The molecule has 0 aliphatic carbocycles. The lowest BCUT2D eigenvalue weighted by atomic mass is 10.3. The van der Waals surface area contributed by atoms with E-state index in [1.807, 2.05) is 0 Å². The minimum Gasteiger partial charge on any atom is -0.493 e. The molecule has 6 nitrogen and oxygen atoms in total. The summed E-state index contributed by atoms with van der Waals surface area (Å²) in [6.45, 7) is 0.